The fourth-order valence-electron chi connectivity index (χ4n) is 2.03. The average molecular weight is 355 g/mol. The highest BCUT2D eigenvalue weighted by molar-refractivity contribution is 7.60. The molecule has 120 valence electrons. The summed E-state index contributed by atoms with van der Waals surface area (Å²) >= 11 is 5.93. The summed E-state index contributed by atoms with van der Waals surface area (Å²) in [6.45, 7) is 0.724. The molecule has 0 fully saturated rings. The van der Waals surface area contributed by atoms with Crippen LogP contribution in [0.4, 0.5) is 0 Å². The summed E-state index contributed by atoms with van der Waals surface area (Å²) in [5.41, 5.74) is 1.11. The first-order valence-electron chi connectivity index (χ1n) is 6.55. The van der Waals surface area contributed by atoms with Gasteiger partial charge in [-0.05, 0) is 18.2 Å². The Bertz CT molecular complexity index is 895. The lowest BCUT2D eigenvalue weighted by Gasteiger charge is -2.09. The van der Waals surface area contributed by atoms with Gasteiger partial charge in [-0.15, -0.1) is 0 Å². The lowest BCUT2D eigenvalue weighted by molar-refractivity contribution is 0.300. The predicted molar refractivity (Wildman–Crippen MR) is 83.9 cm³/mol. The Morgan fingerprint density at radius 3 is 2.87 bits per heavy atom. The molecule has 0 radical (unpaired) electrons. The number of imidazole rings is 1. The largest absolute Gasteiger partial charge is 0.492 e. The Morgan fingerprint density at radius 1 is 1.26 bits per heavy atom. The van der Waals surface area contributed by atoms with E-state index in [0.29, 0.717) is 23.5 Å². The number of rotatable bonds is 5. The second-order valence-electron chi connectivity index (χ2n) is 4.66. The molecular formula is C13H12ClN4O4P. The topological polar surface area (TPSA) is 110 Å². The van der Waals surface area contributed by atoms with Crippen molar-refractivity contribution >= 4 is 35.7 Å². The van der Waals surface area contributed by atoms with Crippen molar-refractivity contribution < 1.29 is 19.1 Å². The predicted octanol–water partition coefficient (Wildman–Crippen LogP) is 1.36. The number of ether oxygens (including phenoxy) is 1. The molecule has 2 heterocycles. The maximum absolute atomic E-state index is 11.2. The summed E-state index contributed by atoms with van der Waals surface area (Å²) in [4.78, 5) is 30.4. The Morgan fingerprint density at radius 2 is 2.09 bits per heavy atom. The zero-order valence-corrected chi connectivity index (χ0v) is 13.4. The number of hydrogen-bond donors (Lipinski definition) is 2. The van der Waals surface area contributed by atoms with Crippen LogP contribution in [-0.2, 0) is 11.1 Å². The number of nitrogens with zero attached hydrogens (tertiary/aromatic N) is 4. The van der Waals surface area contributed by atoms with Gasteiger partial charge in [0, 0.05) is 0 Å². The molecule has 0 aliphatic heterocycles. The van der Waals surface area contributed by atoms with Crippen molar-refractivity contribution in [1.29, 1.82) is 0 Å². The molecule has 0 amide bonds. The van der Waals surface area contributed by atoms with Gasteiger partial charge in [-0.1, -0.05) is 17.7 Å². The van der Waals surface area contributed by atoms with Gasteiger partial charge < -0.3 is 19.1 Å². The van der Waals surface area contributed by atoms with E-state index in [1.807, 2.05) is 0 Å². The Kier molecular flexibility index (Phi) is 4.32. The van der Waals surface area contributed by atoms with E-state index in [4.69, 9.17) is 26.1 Å². The van der Waals surface area contributed by atoms with Crippen molar-refractivity contribution in [1.82, 2.24) is 19.5 Å². The molecule has 0 saturated carbocycles. The van der Waals surface area contributed by atoms with Gasteiger partial charge in [-0.2, -0.15) is 0 Å². The summed E-state index contributed by atoms with van der Waals surface area (Å²) in [5.74, 6) is 0.378. The van der Waals surface area contributed by atoms with E-state index < -0.39 is 7.60 Å². The van der Waals surface area contributed by atoms with Crippen LogP contribution < -0.4 is 10.0 Å². The van der Waals surface area contributed by atoms with E-state index in [0.717, 1.165) is 0 Å². The first-order chi connectivity index (χ1) is 10.9. The lowest BCUT2D eigenvalue weighted by atomic mass is 10.3. The molecule has 0 aliphatic carbocycles. The van der Waals surface area contributed by atoms with Crippen LogP contribution in [-0.4, -0.2) is 35.9 Å². The van der Waals surface area contributed by atoms with Crippen LogP contribution in [0, 0.1) is 0 Å². The zero-order chi connectivity index (χ0) is 16.4. The summed E-state index contributed by atoms with van der Waals surface area (Å²) in [7, 11) is -4.29. The quantitative estimate of drug-likeness (QED) is 0.525. The molecule has 8 nitrogen and oxygen atoms in total. The maximum atomic E-state index is 11.2. The Labute approximate surface area is 135 Å². The minimum Gasteiger partial charge on any atom is -0.492 e. The van der Waals surface area contributed by atoms with Gasteiger partial charge in [0.2, 0.25) is 0 Å². The van der Waals surface area contributed by atoms with Crippen LogP contribution in [0.3, 0.4) is 0 Å². The molecule has 0 atom stereocenters. The van der Waals surface area contributed by atoms with Crippen molar-refractivity contribution in [2.75, 3.05) is 6.61 Å². The number of fused-ring (bicyclic) bond motifs is 1. The van der Waals surface area contributed by atoms with Crippen molar-refractivity contribution in [2.24, 2.45) is 0 Å². The fourth-order valence-corrected chi connectivity index (χ4v) is 2.78. The lowest BCUT2D eigenvalue weighted by Crippen LogP contribution is -2.10. The average Bonchev–Trinajstić information content (AvgIpc) is 2.92. The van der Waals surface area contributed by atoms with E-state index in [9.17, 15) is 4.57 Å². The SMILES string of the molecule is O=P(O)(O)c1cccc(OCCn2cnc3c(Cl)ncnc32)c1. The van der Waals surface area contributed by atoms with Gasteiger partial charge in [0.25, 0.3) is 0 Å². The maximum Gasteiger partial charge on any atom is 0.356 e. The molecule has 2 N–H and O–H groups in total. The molecule has 0 saturated heterocycles. The Hall–Kier alpha value is -1.99. The number of hydrogen-bond acceptors (Lipinski definition) is 5. The van der Waals surface area contributed by atoms with E-state index >= 15 is 0 Å². The van der Waals surface area contributed by atoms with Crippen LogP contribution >= 0.6 is 19.2 Å². The van der Waals surface area contributed by atoms with Crippen molar-refractivity contribution in [3.8, 4) is 5.75 Å². The number of benzene rings is 1. The van der Waals surface area contributed by atoms with Gasteiger partial charge in [0.15, 0.2) is 10.8 Å². The molecule has 2 aromatic heterocycles. The van der Waals surface area contributed by atoms with Crippen molar-refractivity contribution in [3.05, 3.63) is 42.1 Å². The Balaban J connectivity index is 1.70. The fraction of sp³-hybridized carbons (Fsp3) is 0.154. The molecule has 3 aromatic rings. The molecular weight excluding hydrogens is 343 g/mol. The minimum atomic E-state index is -4.29. The van der Waals surface area contributed by atoms with Gasteiger partial charge >= 0.3 is 7.60 Å². The minimum absolute atomic E-state index is 0.0809. The first kappa shape index (κ1) is 15.9. The van der Waals surface area contributed by atoms with E-state index in [1.54, 1.807) is 17.0 Å². The second kappa shape index (κ2) is 6.25. The number of halogens is 1. The van der Waals surface area contributed by atoms with Crippen LogP contribution in [0.2, 0.25) is 5.15 Å². The molecule has 0 aliphatic rings. The molecule has 3 rings (SSSR count). The van der Waals surface area contributed by atoms with Crippen LogP contribution in [0.25, 0.3) is 11.2 Å². The second-order valence-corrected chi connectivity index (χ2v) is 6.63. The first-order valence-corrected chi connectivity index (χ1v) is 8.54. The van der Waals surface area contributed by atoms with Gasteiger partial charge in [0.1, 0.15) is 24.2 Å². The highest BCUT2D eigenvalue weighted by Crippen LogP contribution is 2.34. The van der Waals surface area contributed by atoms with Crippen molar-refractivity contribution in [3.63, 3.8) is 0 Å². The summed E-state index contributed by atoms with van der Waals surface area (Å²) in [5, 5.41) is 0.201. The standard InChI is InChI=1S/C13H12ClN4O4P/c14-12-11-13(16-7-15-12)18(8-17-11)4-5-22-9-2-1-3-10(6-9)23(19,20)21/h1-3,6-8H,4-5H2,(H2,19,20,21). The highest BCUT2D eigenvalue weighted by Gasteiger charge is 2.17. The van der Waals surface area contributed by atoms with E-state index in [2.05, 4.69) is 15.0 Å². The van der Waals surface area contributed by atoms with Gasteiger partial charge in [0.05, 0.1) is 18.2 Å². The monoisotopic (exact) mass is 354 g/mol. The third kappa shape index (κ3) is 3.51. The van der Waals surface area contributed by atoms with Gasteiger partial charge in [-0.3, -0.25) is 4.57 Å². The normalized spacial score (nSPS) is 11.8. The third-order valence-electron chi connectivity index (χ3n) is 3.11. The van der Waals surface area contributed by atoms with Gasteiger partial charge in [-0.25, -0.2) is 15.0 Å². The molecule has 1 aromatic carbocycles. The molecule has 0 bridgehead atoms. The van der Waals surface area contributed by atoms with Crippen LogP contribution in [0.1, 0.15) is 0 Å². The molecule has 0 spiro atoms. The van der Waals surface area contributed by atoms with E-state index in [-0.39, 0.29) is 17.1 Å². The summed E-state index contributed by atoms with van der Waals surface area (Å²) in [6, 6.07) is 5.84. The molecule has 23 heavy (non-hydrogen) atoms. The highest BCUT2D eigenvalue weighted by atomic mass is 35.5. The molecule has 0 unspecified atom stereocenters. The van der Waals surface area contributed by atoms with Crippen LogP contribution in [0.15, 0.2) is 36.9 Å². The smallest absolute Gasteiger partial charge is 0.356 e. The van der Waals surface area contributed by atoms with E-state index in [1.165, 1.54) is 24.5 Å². The third-order valence-corrected chi connectivity index (χ3v) is 4.34. The summed E-state index contributed by atoms with van der Waals surface area (Å²) in [6.07, 6.45) is 2.94. The van der Waals surface area contributed by atoms with Crippen molar-refractivity contribution in [2.45, 2.75) is 6.54 Å². The number of aromatic nitrogens is 4. The summed E-state index contributed by atoms with van der Waals surface area (Å²) < 4.78 is 18.5. The zero-order valence-electron chi connectivity index (χ0n) is 11.7. The van der Waals surface area contributed by atoms with Crippen LogP contribution in [0.5, 0.6) is 5.75 Å². The molecule has 10 heteroatoms.